The Hall–Kier alpha value is -1.62. The molecule has 1 aliphatic rings. The molecule has 1 fully saturated rings. The molecule has 0 heterocycles. The van der Waals surface area contributed by atoms with Gasteiger partial charge in [-0.25, -0.2) is 14.0 Å². The van der Waals surface area contributed by atoms with Gasteiger partial charge in [-0.15, -0.1) is 0 Å². The van der Waals surface area contributed by atoms with Crippen molar-refractivity contribution in [2.45, 2.75) is 46.1 Å². The van der Waals surface area contributed by atoms with Crippen LogP contribution >= 0.6 is 11.6 Å². The monoisotopic (exact) mass is 370 g/mol. The highest BCUT2D eigenvalue weighted by Crippen LogP contribution is 2.35. The van der Waals surface area contributed by atoms with E-state index in [1.807, 2.05) is 0 Å². The fourth-order valence-corrected chi connectivity index (χ4v) is 3.58. The number of halogens is 2. The van der Waals surface area contributed by atoms with E-state index < -0.39 is 24.4 Å². The lowest BCUT2D eigenvalue weighted by Gasteiger charge is -2.36. The molecule has 0 spiro atoms. The fraction of sp³-hybridized carbons (Fsp3) is 0.579. The van der Waals surface area contributed by atoms with Crippen LogP contribution in [0.1, 0.15) is 50.4 Å². The Labute approximate surface area is 152 Å². The highest BCUT2D eigenvalue weighted by atomic mass is 35.5. The fourth-order valence-electron chi connectivity index (χ4n) is 3.34. The van der Waals surface area contributed by atoms with E-state index in [9.17, 15) is 14.0 Å². The predicted octanol–water partition coefficient (Wildman–Crippen LogP) is 4.64. The van der Waals surface area contributed by atoms with Gasteiger partial charge < -0.3 is 9.47 Å². The first-order chi connectivity index (χ1) is 11.8. The summed E-state index contributed by atoms with van der Waals surface area (Å²) in [5.74, 6) is -1.18. The Morgan fingerprint density at radius 2 is 2.04 bits per heavy atom. The van der Waals surface area contributed by atoms with Crippen molar-refractivity contribution in [1.82, 2.24) is 0 Å². The first-order valence-electron chi connectivity index (χ1n) is 8.60. The third-order valence-corrected chi connectivity index (χ3v) is 5.05. The van der Waals surface area contributed by atoms with Gasteiger partial charge >= 0.3 is 11.9 Å². The summed E-state index contributed by atoms with van der Waals surface area (Å²) in [6, 6.07) is 3.88. The lowest BCUT2D eigenvalue weighted by Crippen LogP contribution is -2.36. The van der Waals surface area contributed by atoms with Crippen LogP contribution in [0, 0.1) is 23.6 Å². The minimum Gasteiger partial charge on any atom is -0.460 e. The zero-order chi connectivity index (χ0) is 18.6. The summed E-state index contributed by atoms with van der Waals surface area (Å²) < 4.78 is 24.1. The molecule has 6 heteroatoms. The Balaban J connectivity index is 1.92. The van der Waals surface area contributed by atoms with Gasteiger partial charge in [-0.1, -0.05) is 44.9 Å². The van der Waals surface area contributed by atoms with Crippen molar-refractivity contribution >= 4 is 23.5 Å². The predicted molar refractivity (Wildman–Crippen MR) is 92.9 cm³/mol. The molecule has 0 bridgehead atoms. The number of carbonyl (C=O) groups is 2. The quantitative estimate of drug-likeness (QED) is 0.708. The Kier molecular flexibility index (Phi) is 6.82. The Bertz CT molecular complexity index is 612. The molecule has 1 aliphatic carbocycles. The molecule has 25 heavy (non-hydrogen) atoms. The molecular formula is C19H24ClFO4. The van der Waals surface area contributed by atoms with Gasteiger partial charge in [0.15, 0.2) is 6.61 Å². The van der Waals surface area contributed by atoms with Crippen LogP contribution in [0.25, 0.3) is 0 Å². The van der Waals surface area contributed by atoms with E-state index in [0.717, 1.165) is 25.3 Å². The minimum atomic E-state index is -0.975. The molecular weight excluding hydrogens is 347 g/mol. The maximum Gasteiger partial charge on any atom is 0.344 e. The van der Waals surface area contributed by atoms with Crippen LogP contribution in [-0.2, 0) is 14.3 Å². The molecule has 4 nitrogen and oxygen atoms in total. The summed E-state index contributed by atoms with van der Waals surface area (Å²) in [4.78, 5) is 24.0. The van der Waals surface area contributed by atoms with Crippen molar-refractivity contribution in [1.29, 1.82) is 0 Å². The number of hydrogen-bond acceptors (Lipinski definition) is 4. The highest BCUT2D eigenvalue weighted by Gasteiger charge is 2.33. The largest absolute Gasteiger partial charge is 0.460 e. The van der Waals surface area contributed by atoms with Crippen LogP contribution in [0.2, 0.25) is 5.02 Å². The van der Waals surface area contributed by atoms with Crippen molar-refractivity contribution in [3.63, 3.8) is 0 Å². The molecule has 1 aromatic rings. The van der Waals surface area contributed by atoms with Crippen molar-refractivity contribution in [3.05, 3.63) is 34.6 Å². The molecule has 0 amide bonds. The number of ether oxygens (including phenoxy) is 2. The molecule has 0 aromatic heterocycles. The lowest BCUT2D eigenvalue weighted by molar-refractivity contribution is -0.159. The standard InChI is InChI=1S/C19H24ClFO4/c1-11(2)13-8-7-12(3)9-16(13)25-17(22)10-24-19(23)18-14(20)5-4-6-15(18)21/h4-6,11-13,16H,7-10H2,1-3H3/t12-,13+,16-/m1/s1. The summed E-state index contributed by atoms with van der Waals surface area (Å²) in [5.41, 5.74) is -0.372. The molecule has 0 radical (unpaired) electrons. The number of hydrogen-bond donors (Lipinski definition) is 0. The summed E-state index contributed by atoms with van der Waals surface area (Å²) in [6.45, 7) is 5.81. The van der Waals surface area contributed by atoms with Crippen molar-refractivity contribution in [2.24, 2.45) is 17.8 Å². The molecule has 2 rings (SSSR count). The molecule has 1 saturated carbocycles. The molecule has 138 valence electrons. The molecule has 0 aliphatic heterocycles. The Morgan fingerprint density at radius 1 is 1.32 bits per heavy atom. The average Bonchev–Trinajstić information content (AvgIpc) is 2.52. The smallest absolute Gasteiger partial charge is 0.344 e. The zero-order valence-electron chi connectivity index (χ0n) is 14.8. The SMILES string of the molecule is CC(C)[C@@H]1CC[C@@H](C)C[C@H]1OC(=O)COC(=O)c1c(F)cccc1Cl. The molecule has 0 unspecified atom stereocenters. The first kappa shape index (κ1) is 19.7. The van der Waals surface area contributed by atoms with Gasteiger partial charge in [-0.05, 0) is 42.7 Å². The third-order valence-electron chi connectivity index (χ3n) is 4.73. The lowest BCUT2D eigenvalue weighted by atomic mass is 9.75. The average molecular weight is 371 g/mol. The van der Waals surface area contributed by atoms with Gasteiger partial charge in [-0.2, -0.15) is 0 Å². The van der Waals surface area contributed by atoms with E-state index in [1.54, 1.807) is 0 Å². The molecule has 0 N–H and O–H groups in total. The third kappa shape index (κ3) is 5.18. The van der Waals surface area contributed by atoms with E-state index in [1.165, 1.54) is 12.1 Å². The van der Waals surface area contributed by atoms with E-state index >= 15 is 0 Å². The van der Waals surface area contributed by atoms with Crippen LogP contribution in [0.5, 0.6) is 0 Å². The maximum atomic E-state index is 13.7. The van der Waals surface area contributed by atoms with Crippen LogP contribution in [-0.4, -0.2) is 24.6 Å². The van der Waals surface area contributed by atoms with Crippen molar-refractivity contribution < 1.29 is 23.5 Å². The maximum absolute atomic E-state index is 13.7. The summed E-state index contributed by atoms with van der Waals surface area (Å²) in [6.07, 6.45) is 2.77. The minimum absolute atomic E-state index is 0.0562. The highest BCUT2D eigenvalue weighted by molar-refractivity contribution is 6.33. The van der Waals surface area contributed by atoms with Gasteiger partial charge in [0, 0.05) is 0 Å². The second-order valence-corrected chi connectivity index (χ2v) is 7.43. The van der Waals surface area contributed by atoms with Gasteiger partial charge in [0.2, 0.25) is 0 Å². The van der Waals surface area contributed by atoms with Crippen LogP contribution in [0.15, 0.2) is 18.2 Å². The number of esters is 2. The molecule has 1 aromatic carbocycles. The van der Waals surface area contributed by atoms with E-state index in [0.29, 0.717) is 17.8 Å². The number of benzene rings is 1. The Morgan fingerprint density at radius 3 is 2.68 bits per heavy atom. The zero-order valence-corrected chi connectivity index (χ0v) is 15.5. The van der Waals surface area contributed by atoms with Crippen molar-refractivity contribution in [2.75, 3.05) is 6.61 Å². The second-order valence-electron chi connectivity index (χ2n) is 7.03. The molecule has 3 atom stereocenters. The van der Waals surface area contributed by atoms with Crippen LogP contribution in [0.3, 0.4) is 0 Å². The summed E-state index contributed by atoms with van der Waals surface area (Å²) >= 11 is 5.81. The first-order valence-corrected chi connectivity index (χ1v) is 8.98. The van der Waals surface area contributed by atoms with Crippen molar-refractivity contribution in [3.8, 4) is 0 Å². The summed E-state index contributed by atoms with van der Waals surface area (Å²) in [7, 11) is 0. The van der Waals surface area contributed by atoms with Gasteiger partial charge in [0.25, 0.3) is 0 Å². The van der Waals surface area contributed by atoms with E-state index in [-0.39, 0.29) is 16.7 Å². The van der Waals surface area contributed by atoms with E-state index in [4.69, 9.17) is 21.1 Å². The second kappa shape index (κ2) is 8.65. The number of carbonyl (C=O) groups excluding carboxylic acids is 2. The number of rotatable bonds is 5. The topological polar surface area (TPSA) is 52.6 Å². The summed E-state index contributed by atoms with van der Waals surface area (Å²) in [5, 5.41) is -0.0562. The van der Waals surface area contributed by atoms with Gasteiger partial charge in [0.05, 0.1) is 5.02 Å². The van der Waals surface area contributed by atoms with Crippen LogP contribution < -0.4 is 0 Å². The normalized spacial score (nSPS) is 23.4. The van der Waals surface area contributed by atoms with E-state index in [2.05, 4.69) is 20.8 Å². The van der Waals surface area contributed by atoms with Gasteiger partial charge in [0.1, 0.15) is 17.5 Å². The van der Waals surface area contributed by atoms with Gasteiger partial charge in [-0.3, -0.25) is 0 Å². The van der Waals surface area contributed by atoms with Crippen LogP contribution in [0.4, 0.5) is 4.39 Å². The molecule has 0 saturated heterocycles.